The van der Waals surface area contributed by atoms with Crippen LogP contribution in [0, 0.1) is 0 Å². The van der Waals surface area contributed by atoms with Gasteiger partial charge in [0.1, 0.15) is 0 Å². The number of aliphatic hydroxyl groups excluding tert-OH is 2. The first kappa shape index (κ1) is 82.6. The Morgan fingerprint density at radius 2 is 0.600 bits per heavy atom. The number of amides is 1. The Labute approximate surface area is 530 Å². The molecule has 0 aromatic carbocycles. The average molecular weight is 1190 g/mol. The van der Waals surface area contributed by atoms with Crippen LogP contribution in [0.25, 0.3) is 0 Å². The van der Waals surface area contributed by atoms with Crippen molar-refractivity contribution in [2.24, 2.45) is 0 Å². The summed E-state index contributed by atoms with van der Waals surface area (Å²) in [5, 5.41) is 23.3. The highest BCUT2D eigenvalue weighted by molar-refractivity contribution is 5.76. The van der Waals surface area contributed by atoms with Crippen molar-refractivity contribution in [1.29, 1.82) is 0 Å². The molecule has 498 valence electrons. The Balaban J connectivity index is 3.44. The molecule has 0 bridgehead atoms. The minimum Gasteiger partial charge on any atom is -0.466 e. The lowest BCUT2D eigenvalue weighted by Crippen LogP contribution is -2.45. The third-order valence-electron chi connectivity index (χ3n) is 17.5. The van der Waals surface area contributed by atoms with Crippen molar-refractivity contribution in [3.8, 4) is 0 Å². The van der Waals surface area contributed by atoms with Gasteiger partial charge in [-0.05, 0) is 89.9 Å². The van der Waals surface area contributed by atoms with Crippen molar-refractivity contribution in [2.75, 3.05) is 13.2 Å². The second-order valence-corrected chi connectivity index (χ2v) is 26.0. The van der Waals surface area contributed by atoms with Gasteiger partial charge in [0.25, 0.3) is 0 Å². The van der Waals surface area contributed by atoms with E-state index in [4.69, 9.17) is 4.74 Å². The van der Waals surface area contributed by atoms with Gasteiger partial charge in [0, 0.05) is 12.8 Å². The lowest BCUT2D eigenvalue weighted by atomic mass is 10.0. The lowest BCUT2D eigenvalue weighted by Gasteiger charge is -2.20. The van der Waals surface area contributed by atoms with E-state index in [2.05, 4.69) is 67.8 Å². The number of aliphatic hydroxyl groups is 2. The number of rotatable bonds is 71. The molecule has 0 heterocycles. The Kier molecular flexibility index (Phi) is 71.9. The van der Waals surface area contributed by atoms with Gasteiger partial charge in [-0.3, -0.25) is 9.59 Å². The van der Waals surface area contributed by atoms with E-state index in [0.29, 0.717) is 19.4 Å². The molecule has 0 spiro atoms. The van der Waals surface area contributed by atoms with E-state index < -0.39 is 12.1 Å². The molecule has 0 aliphatic rings. The van der Waals surface area contributed by atoms with Crippen molar-refractivity contribution in [3.63, 3.8) is 0 Å². The molecular weight excluding hydrogens is 1040 g/mol. The molecule has 0 aromatic heterocycles. The smallest absolute Gasteiger partial charge is 0.305 e. The fourth-order valence-corrected chi connectivity index (χ4v) is 11.7. The van der Waals surface area contributed by atoms with Gasteiger partial charge in [-0.15, -0.1) is 0 Å². The predicted molar refractivity (Wildman–Crippen MR) is 375 cm³/mol. The number of unbranched alkanes of at least 4 members (excludes halogenated alkanes) is 52. The van der Waals surface area contributed by atoms with E-state index in [1.807, 2.05) is 6.08 Å². The molecule has 1 amide bonds. The van der Waals surface area contributed by atoms with E-state index >= 15 is 0 Å². The standard InChI is InChI=1S/C79H147NO5/c1-3-5-7-9-11-13-15-17-19-20-21-22-23-29-32-35-38-41-44-47-51-55-59-63-67-71-77(82)76(75-81)80-78(83)72-68-64-60-56-52-48-45-42-39-36-33-30-27-25-24-26-28-31-34-37-40-43-46-50-54-58-62-66-70-74-85-79(84)73-69-65-61-57-53-49-18-16-14-12-10-8-6-4-2/h10,12,16,18,24,26,31,34,67,71,76-77,81-82H,3-9,11,13-15,17,19-23,25,27-30,32-33,35-66,68-70,72-75H2,1-2H3,(H,80,83)/b12-10-,18-16-,26-24-,34-31-,71-67+. The number of esters is 1. The summed E-state index contributed by atoms with van der Waals surface area (Å²) in [5.41, 5.74) is 0. The zero-order valence-electron chi connectivity index (χ0n) is 57.1. The zero-order chi connectivity index (χ0) is 61.3. The molecule has 6 nitrogen and oxygen atoms in total. The first-order chi connectivity index (χ1) is 42.0. The van der Waals surface area contributed by atoms with Crippen molar-refractivity contribution < 1.29 is 24.5 Å². The van der Waals surface area contributed by atoms with E-state index in [-0.39, 0.29) is 18.5 Å². The van der Waals surface area contributed by atoms with E-state index in [0.717, 1.165) is 57.8 Å². The second-order valence-electron chi connectivity index (χ2n) is 26.0. The summed E-state index contributed by atoms with van der Waals surface area (Å²) in [6.07, 6.45) is 98.9. The van der Waals surface area contributed by atoms with Gasteiger partial charge < -0.3 is 20.3 Å². The van der Waals surface area contributed by atoms with Crippen LogP contribution in [0.3, 0.4) is 0 Å². The molecule has 6 heteroatoms. The molecule has 2 unspecified atom stereocenters. The fraction of sp³-hybridized carbons (Fsp3) is 0.848. The van der Waals surface area contributed by atoms with Crippen LogP contribution in [0.4, 0.5) is 0 Å². The van der Waals surface area contributed by atoms with Gasteiger partial charge in [0.15, 0.2) is 0 Å². The van der Waals surface area contributed by atoms with E-state index in [9.17, 15) is 19.8 Å². The molecule has 0 saturated heterocycles. The van der Waals surface area contributed by atoms with Crippen LogP contribution >= 0.6 is 0 Å². The SMILES string of the molecule is CCCC/C=C\C/C=C\CCCCCCCC(=O)OCCCCCCCCCCC/C=C\C/C=C\CCCCCCCCCCCCCCCC(=O)NC(CO)C(O)/C=C/CCCCCCCCCCCCCCCCCCCCCCCCC. The van der Waals surface area contributed by atoms with Crippen molar-refractivity contribution in [2.45, 2.75) is 418 Å². The monoisotopic (exact) mass is 1190 g/mol. The summed E-state index contributed by atoms with van der Waals surface area (Å²) in [4.78, 5) is 24.6. The summed E-state index contributed by atoms with van der Waals surface area (Å²) < 4.78 is 5.48. The number of allylic oxidation sites excluding steroid dienone is 9. The maximum Gasteiger partial charge on any atom is 0.305 e. The normalized spacial score (nSPS) is 12.8. The van der Waals surface area contributed by atoms with Gasteiger partial charge in [-0.1, -0.05) is 364 Å². The van der Waals surface area contributed by atoms with Crippen LogP contribution in [-0.4, -0.2) is 47.4 Å². The van der Waals surface area contributed by atoms with E-state index in [1.165, 1.54) is 321 Å². The first-order valence-corrected chi connectivity index (χ1v) is 38.1. The molecule has 0 fully saturated rings. The molecule has 85 heavy (non-hydrogen) atoms. The van der Waals surface area contributed by atoms with Gasteiger partial charge in [-0.25, -0.2) is 0 Å². The maximum absolute atomic E-state index is 12.6. The van der Waals surface area contributed by atoms with Crippen LogP contribution in [0.5, 0.6) is 0 Å². The van der Waals surface area contributed by atoms with Crippen molar-refractivity contribution in [1.82, 2.24) is 5.32 Å². The number of hydrogen-bond acceptors (Lipinski definition) is 5. The molecule has 3 N–H and O–H groups in total. The number of ether oxygens (including phenoxy) is 1. The highest BCUT2D eigenvalue weighted by atomic mass is 16.5. The largest absolute Gasteiger partial charge is 0.466 e. The fourth-order valence-electron chi connectivity index (χ4n) is 11.7. The maximum atomic E-state index is 12.6. The topological polar surface area (TPSA) is 95.9 Å². The first-order valence-electron chi connectivity index (χ1n) is 38.1. The number of carbonyl (C=O) groups is 2. The van der Waals surface area contributed by atoms with Crippen LogP contribution in [0.1, 0.15) is 406 Å². The summed E-state index contributed by atoms with van der Waals surface area (Å²) in [5.74, 6) is -0.0681. The Bertz CT molecular complexity index is 1470. The third-order valence-corrected chi connectivity index (χ3v) is 17.5. The molecular formula is C79H147NO5. The zero-order valence-corrected chi connectivity index (χ0v) is 57.1. The van der Waals surface area contributed by atoms with Gasteiger partial charge in [0.2, 0.25) is 5.91 Å². The quantitative estimate of drug-likeness (QED) is 0.0320. The lowest BCUT2D eigenvalue weighted by molar-refractivity contribution is -0.143. The molecule has 0 radical (unpaired) electrons. The molecule has 0 aromatic rings. The van der Waals surface area contributed by atoms with Gasteiger partial charge >= 0.3 is 5.97 Å². The van der Waals surface area contributed by atoms with Crippen LogP contribution in [0.15, 0.2) is 60.8 Å². The highest BCUT2D eigenvalue weighted by Gasteiger charge is 2.18. The molecule has 0 aliphatic heterocycles. The molecule has 0 rings (SSSR count). The summed E-state index contributed by atoms with van der Waals surface area (Å²) in [7, 11) is 0. The van der Waals surface area contributed by atoms with Crippen LogP contribution in [-0.2, 0) is 14.3 Å². The number of nitrogens with one attached hydrogen (secondary N) is 1. The molecule has 0 saturated carbocycles. The second kappa shape index (κ2) is 74.0. The summed E-state index contributed by atoms with van der Waals surface area (Å²) >= 11 is 0. The average Bonchev–Trinajstić information content (AvgIpc) is 3.51. The van der Waals surface area contributed by atoms with Gasteiger partial charge in [0.05, 0.1) is 25.4 Å². The molecule has 2 atom stereocenters. The summed E-state index contributed by atoms with van der Waals surface area (Å²) in [6, 6.07) is -0.632. The van der Waals surface area contributed by atoms with Crippen molar-refractivity contribution >= 4 is 11.9 Å². The predicted octanol–water partition coefficient (Wildman–Crippen LogP) is 25.0. The highest BCUT2D eigenvalue weighted by Crippen LogP contribution is 2.19. The minimum absolute atomic E-state index is 0.00292. The molecule has 0 aliphatic carbocycles. The Morgan fingerprint density at radius 3 is 0.929 bits per heavy atom. The van der Waals surface area contributed by atoms with Gasteiger partial charge in [-0.2, -0.15) is 0 Å². The third kappa shape index (κ3) is 70.5. The number of carbonyl (C=O) groups excluding carboxylic acids is 2. The minimum atomic E-state index is -0.848. The van der Waals surface area contributed by atoms with Crippen LogP contribution < -0.4 is 5.32 Å². The number of hydrogen-bond donors (Lipinski definition) is 3. The van der Waals surface area contributed by atoms with E-state index in [1.54, 1.807) is 6.08 Å². The van der Waals surface area contributed by atoms with Crippen LogP contribution in [0.2, 0.25) is 0 Å². The summed E-state index contributed by atoms with van der Waals surface area (Å²) in [6.45, 7) is 4.89. The Morgan fingerprint density at radius 1 is 0.329 bits per heavy atom. The van der Waals surface area contributed by atoms with Crippen molar-refractivity contribution in [3.05, 3.63) is 60.8 Å². The Hall–Kier alpha value is -2.44.